The Kier molecular flexibility index (Phi) is 5.58. The minimum atomic E-state index is -0.529. The second-order valence-corrected chi connectivity index (χ2v) is 4.45. The minimum absolute atomic E-state index is 0.227. The van der Waals surface area contributed by atoms with E-state index in [1.165, 1.54) is 6.42 Å². The van der Waals surface area contributed by atoms with Gasteiger partial charge in [-0.1, -0.05) is 13.3 Å². The van der Waals surface area contributed by atoms with Crippen molar-refractivity contribution >= 4 is 17.4 Å². The quantitative estimate of drug-likeness (QED) is 0.804. The molecule has 0 aliphatic rings. The summed E-state index contributed by atoms with van der Waals surface area (Å²) in [4.78, 5) is 17.7. The van der Waals surface area contributed by atoms with Gasteiger partial charge in [0, 0.05) is 13.6 Å². The molecule has 3 N–H and O–H groups in total. The van der Waals surface area contributed by atoms with Crippen molar-refractivity contribution in [1.82, 2.24) is 4.98 Å². The van der Waals surface area contributed by atoms with Crippen molar-refractivity contribution in [2.24, 2.45) is 5.73 Å². The molecule has 18 heavy (non-hydrogen) atoms. The molecule has 0 aliphatic heterocycles. The summed E-state index contributed by atoms with van der Waals surface area (Å²) in [5.74, 6) is 0.305. The van der Waals surface area contributed by atoms with E-state index in [2.05, 4.69) is 22.1 Å². The van der Waals surface area contributed by atoms with Crippen LogP contribution in [0.2, 0.25) is 0 Å². The third kappa shape index (κ3) is 4.33. The Balaban J connectivity index is 2.59. The topological polar surface area (TPSA) is 71.2 Å². The summed E-state index contributed by atoms with van der Waals surface area (Å²) in [6.07, 6.45) is 4.08. The Morgan fingerprint density at radius 3 is 2.78 bits per heavy atom. The average molecular weight is 250 g/mol. The summed E-state index contributed by atoms with van der Waals surface area (Å²) in [7, 11) is 2.03. The average Bonchev–Trinajstić information content (AvgIpc) is 2.36. The molecule has 1 amide bonds. The van der Waals surface area contributed by atoms with E-state index in [-0.39, 0.29) is 5.91 Å². The number of carbonyl (C=O) groups is 1. The molecule has 0 saturated carbocycles. The number of aromatic nitrogens is 1. The van der Waals surface area contributed by atoms with Crippen LogP contribution >= 0.6 is 0 Å². The standard InChI is InChI=1S/C13H22N4O/c1-4-5-8-17(3)11-6-7-12(15-9-11)16-13(18)10(2)14/h6-7,9-10H,4-5,8,14H2,1-3H3,(H,15,16,18). The van der Waals surface area contributed by atoms with Crippen LogP contribution in [0, 0.1) is 0 Å². The van der Waals surface area contributed by atoms with Gasteiger partial charge in [0.2, 0.25) is 5.91 Å². The van der Waals surface area contributed by atoms with Crippen LogP contribution in [0.5, 0.6) is 0 Å². The molecule has 0 aromatic carbocycles. The number of rotatable bonds is 6. The van der Waals surface area contributed by atoms with Gasteiger partial charge in [-0.2, -0.15) is 0 Å². The molecule has 100 valence electrons. The lowest BCUT2D eigenvalue weighted by Crippen LogP contribution is -2.32. The Hall–Kier alpha value is -1.62. The van der Waals surface area contributed by atoms with Gasteiger partial charge in [-0.15, -0.1) is 0 Å². The molecule has 1 aromatic rings. The first-order valence-corrected chi connectivity index (χ1v) is 6.28. The van der Waals surface area contributed by atoms with E-state index in [1.807, 2.05) is 13.1 Å². The summed E-state index contributed by atoms with van der Waals surface area (Å²) in [6, 6.07) is 3.20. The highest BCUT2D eigenvalue weighted by Crippen LogP contribution is 2.14. The number of nitrogens with one attached hydrogen (secondary N) is 1. The molecule has 5 heteroatoms. The van der Waals surface area contributed by atoms with Crippen molar-refractivity contribution in [2.75, 3.05) is 23.8 Å². The lowest BCUT2D eigenvalue weighted by molar-refractivity contribution is -0.117. The van der Waals surface area contributed by atoms with E-state index in [0.29, 0.717) is 5.82 Å². The summed E-state index contributed by atoms with van der Waals surface area (Å²) in [6.45, 7) is 4.81. The van der Waals surface area contributed by atoms with Crippen LogP contribution in [-0.4, -0.2) is 30.5 Å². The fourth-order valence-electron chi connectivity index (χ4n) is 1.45. The Morgan fingerprint density at radius 2 is 2.28 bits per heavy atom. The number of anilines is 2. The van der Waals surface area contributed by atoms with E-state index in [4.69, 9.17) is 5.73 Å². The summed E-state index contributed by atoms with van der Waals surface area (Å²) < 4.78 is 0. The molecule has 0 spiro atoms. The van der Waals surface area contributed by atoms with Crippen LogP contribution < -0.4 is 16.0 Å². The van der Waals surface area contributed by atoms with Gasteiger partial charge in [0.25, 0.3) is 0 Å². The zero-order valence-corrected chi connectivity index (χ0v) is 11.3. The van der Waals surface area contributed by atoms with Gasteiger partial charge < -0.3 is 16.0 Å². The molecule has 0 aliphatic carbocycles. The molecule has 1 heterocycles. The Morgan fingerprint density at radius 1 is 1.56 bits per heavy atom. The van der Waals surface area contributed by atoms with Crippen LogP contribution in [0.1, 0.15) is 26.7 Å². The maximum absolute atomic E-state index is 11.4. The molecule has 1 unspecified atom stereocenters. The molecular formula is C13H22N4O. The second kappa shape index (κ2) is 6.96. The number of unbranched alkanes of at least 4 members (excludes halogenated alkanes) is 1. The minimum Gasteiger partial charge on any atom is -0.373 e. The first-order chi connectivity index (χ1) is 8.54. The molecule has 1 atom stereocenters. The van der Waals surface area contributed by atoms with Gasteiger partial charge >= 0.3 is 0 Å². The molecule has 0 bridgehead atoms. The fourth-order valence-corrected chi connectivity index (χ4v) is 1.45. The normalized spacial score (nSPS) is 12.0. The monoisotopic (exact) mass is 250 g/mol. The maximum Gasteiger partial charge on any atom is 0.242 e. The van der Waals surface area contributed by atoms with Gasteiger partial charge in [0.15, 0.2) is 0 Å². The third-order valence-corrected chi connectivity index (χ3v) is 2.70. The van der Waals surface area contributed by atoms with Gasteiger partial charge in [0.1, 0.15) is 5.82 Å². The van der Waals surface area contributed by atoms with Crippen molar-refractivity contribution in [3.63, 3.8) is 0 Å². The van der Waals surface area contributed by atoms with Gasteiger partial charge in [0.05, 0.1) is 17.9 Å². The molecule has 0 fully saturated rings. The van der Waals surface area contributed by atoms with Crippen molar-refractivity contribution in [2.45, 2.75) is 32.7 Å². The van der Waals surface area contributed by atoms with Crippen LogP contribution in [-0.2, 0) is 4.79 Å². The fraction of sp³-hybridized carbons (Fsp3) is 0.538. The zero-order chi connectivity index (χ0) is 13.5. The van der Waals surface area contributed by atoms with Crippen molar-refractivity contribution in [3.8, 4) is 0 Å². The predicted molar refractivity (Wildman–Crippen MR) is 74.7 cm³/mol. The summed E-state index contributed by atoms with van der Waals surface area (Å²) in [5, 5.41) is 2.66. The van der Waals surface area contributed by atoms with E-state index >= 15 is 0 Å². The number of hydrogen-bond acceptors (Lipinski definition) is 4. The number of hydrogen-bond donors (Lipinski definition) is 2. The van der Waals surface area contributed by atoms with Crippen LogP contribution in [0.15, 0.2) is 18.3 Å². The van der Waals surface area contributed by atoms with E-state index in [9.17, 15) is 4.79 Å². The third-order valence-electron chi connectivity index (χ3n) is 2.70. The molecule has 0 saturated heterocycles. The van der Waals surface area contributed by atoms with Crippen molar-refractivity contribution in [3.05, 3.63) is 18.3 Å². The highest BCUT2D eigenvalue weighted by atomic mass is 16.2. The summed E-state index contributed by atoms with van der Waals surface area (Å²) in [5.41, 5.74) is 6.51. The van der Waals surface area contributed by atoms with Crippen molar-refractivity contribution in [1.29, 1.82) is 0 Å². The molecule has 5 nitrogen and oxygen atoms in total. The van der Waals surface area contributed by atoms with Crippen LogP contribution in [0.3, 0.4) is 0 Å². The molecule has 1 rings (SSSR count). The first kappa shape index (κ1) is 14.4. The molecular weight excluding hydrogens is 228 g/mol. The van der Waals surface area contributed by atoms with Gasteiger partial charge in [-0.3, -0.25) is 4.79 Å². The van der Waals surface area contributed by atoms with Crippen molar-refractivity contribution < 1.29 is 4.79 Å². The first-order valence-electron chi connectivity index (χ1n) is 6.28. The van der Waals surface area contributed by atoms with E-state index in [0.717, 1.165) is 18.7 Å². The number of nitrogens with two attached hydrogens (primary N) is 1. The number of nitrogens with zero attached hydrogens (tertiary/aromatic N) is 2. The zero-order valence-electron chi connectivity index (χ0n) is 11.3. The molecule has 0 radical (unpaired) electrons. The Labute approximate surface area is 108 Å². The lowest BCUT2D eigenvalue weighted by Gasteiger charge is -2.18. The SMILES string of the molecule is CCCCN(C)c1ccc(NC(=O)C(C)N)nc1. The van der Waals surface area contributed by atoms with Gasteiger partial charge in [-0.25, -0.2) is 4.98 Å². The maximum atomic E-state index is 11.4. The lowest BCUT2D eigenvalue weighted by atomic mass is 10.3. The van der Waals surface area contributed by atoms with Gasteiger partial charge in [-0.05, 0) is 25.5 Å². The highest BCUT2D eigenvalue weighted by molar-refractivity contribution is 5.93. The largest absolute Gasteiger partial charge is 0.373 e. The summed E-state index contributed by atoms with van der Waals surface area (Å²) >= 11 is 0. The predicted octanol–water partition coefficient (Wildman–Crippen LogP) is 1.60. The number of pyridine rings is 1. The highest BCUT2D eigenvalue weighted by Gasteiger charge is 2.08. The number of carbonyl (C=O) groups excluding carboxylic acids is 1. The van der Waals surface area contributed by atoms with E-state index in [1.54, 1.807) is 19.2 Å². The second-order valence-electron chi connectivity index (χ2n) is 4.45. The smallest absolute Gasteiger partial charge is 0.242 e. The van der Waals surface area contributed by atoms with E-state index < -0.39 is 6.04 Å². The van der Waals surface area contributed by atoms with Crippen LogP contribution in [0.25, 0.3) is 0 Å². The Bertz CT molecular complexity index is 375. The molecule has 1 aromatic heterocycles. The number of amides is 1. The van der Waals surface area contributed by atoms with Crippen LogP contribution in [0.4, 0.5) is 11.5 Å².